The number of nitrogens with one attached hydrogen (secondary N) is 2. The van der Waals surface area contributed by atoms with Crippen LogP contribution < -0.4 is 16.4 Å². The van der Waals surface area contributed by atoms with Crippen molar-refractivity contribution in [1.82, 2.24) is 5.32 Å². The molecule has 0 aliphatic carbocycles. The van der Waals surface area contributed by atoms with Crippen LogP contribution in [0.3, 0.4) is 0 Å². The van der Waals surface area contributed by atoms with Gasteiger partial charge in [-0.2, -0.15) is 0 Å². The normalized spacial score (nSPS) is 11.6. The molecule has 8 heteroatoms. The van der Waals surface area contributed by atoms with Crippen LogP contribution in [0, 0.1) is 11.6 Å². The first kappa shape index (κ1) is 17.9. The lowest BCUT2D eigenvalue weighted by Gasteiger charge is -2.18. The van der Waals surface area contributed by atoms with Gasteiger partial charge >= 0.3 is 6.03 Å². The van der Waals surface area contributed by atoms with Gasteiger partial charge in [-0.25, -0.2) is 13.6 Å². The first-order valence-corrected chi connectivity index (χ1v) is 7.71. The maximum atomic E-state index is 13.2. The third-order valence-electron chi connectivity index (χ3n) is 3.16. The number of carbonyl (C=O) groups is 2. The topological polar surface area (TPSA) is 84.2 Å². The van der Waals surface area contributed by atoms with E-state index in [-0.39, 0.29) is 12.1 Å². The van der Waals surface area contributed by atoms with Crippen LogP contribution in [0.1, 0.15) is 18.0 Å². The smallest absolute Gasteiger partial charge is 0.312 e. The zero-order valence-corrected chi connectivity index (χ0v) is 13.9. The number of carbonyl (C=O) groups excluding carboxylic acids is 2. The van der Waals surface area contributed by atoms with Gasteiger partial charge in [0.15, 0.2) is 11.6 Å². The number of primary amides is 1. The maximum Gasteiger partial charge on any atom is 0.312 e. The van der Waals surface area contributed by atoms with E-state index in [1.54, 1.807) is 24.3 Å². The van der Waals surface area contributed by atoms with Crippen molar-refractivity contribution in [3.63, 3.8) is 0 Å². The third-order valence-corrected chi connectivity index (χ3v) is 3.65. The lowest BCUT2D eigenvalue weighted by Crippen LogP contribution is -2.35. The number of amides is 3. The van der Waals surface area contributed by atoms with Crippen molar-refractivity contribution in [2.24, 2.45) is 5.73 Å². The molecule has 0 aliphatic heterocycles. The van der Waals surface area contributed by atoms with Gasteiger partial charge in [0.1, 0.15) is 0 Å². The minimum absolute atomic E-state index is 0.117. The number of nitrogens with two attached hydrogens (primary N) is 1. The molecule has 0 aromatic heterocycles. The summed E-state index contributed by atoms with van der Waals surface area (Å²) in [5.74, 6) is -2.55. The van der Waals surface area contributed by atoms with Gasteiger partial charge in [0.2, 0.25) is 5.91 Å². The van der Waals surface area contributed by atoms with E-state index in [0.717, 1.165) is 16.6 Å². The molecular weight excluding hydrogens is 384 g/mol. The van der Waals surface area contributed by atoms with E-state index in [2.05, 4.69) is 26.6 Å². The van der Waals surface area contributed by atoms with Gasteiger partial charge in [-0.15, -0.1) is 0 Å². The molecule has 5 nitrogen and oxygen atoms in total. The number of urea groups is 1. The van der Waals surface area contributed by atoms with Crippen molar-refractivity contribution in [3.05, 3.63) is 64.1 Å². The molecule has 0 saturated heterocycles. The summed E-state index contributed by atoms with van der Waals surface area (Å²) in [5, 5.41) is 4.93. The van der Waals surface area contributed by atoms with Gasteiger partial charge in [-0.1, -0.05) is 28.1 Å². The molecule has 2 aromatic rings. The number of halogens is 3. The lowest BCUT2D eigenvalue weighted by atomic mass is 10.0. The molecule has 0 fully saturated rings. The molecule has 2 rings (SSSR count). The molecule has 24 heavy (non-hydrogen) atoms. The second-order valence-corrected chi connectivity index (χ2v) is 5.91. The minimum Gasteiger partial charge on any atom is -0.352 e. The Kier molecular flexibility index (Phi) is 5.86. The molecule has 0 saturated carbocycles. The van der Waals surface area contributed by atoms with Crippen LogP contribution in [-0.4, -0.2) is 11.9 Å². The number of anilines is 1. The fourth-order valence-electron chi connectivity index (χ4n) is 2.12. The van der Waals surface area contributed by atoms with Gasteiger partial charge in [0, 0.05) is 16.2 Å². The number of benzene rings is 2. The van der Waals surface area contributed by atoms with Crippen LogP contribution in [0.5, 0.6) is 0 Å². The zero-order chi connectivity index (χ0) is 17.7. The van der Waals surface area contributed by atoms with Crippen molar-refractivity contribution in [3.8, 4) is 0 Å². The molecule has 3 amide bonds. The predicted molar refractivity (Wildman–Crippen MR) is 89.2 cm³/mol. The molecule has 0 aliphatic rings. The minimum atomic E-state index is -1.06. The van der Waals surface area contributed by atoms with Crippen molar-refractivity contribution >= 4 is 33.6 Å². The van der Waals surface area contributed by atoms with Gasteiger partial charge < -0.3 is 16.4 Å². The Morgan fingerprint density at radius 3 is 2.50 bits per heavy atom. The highest BCUT2D eigenvalue weighted by atomic mass is 79.9. The number of rotatable bonds is 5. The summed E-state index contributed by atoms with van der Waals surface area (Å²) in [5.41, 5.74) is 5.94. The van der Waals surface area contributed by atoms with Crippen molar-refractivity contribution in [2.45, 2.75) is 12.5 Å². The molecule has 1 atom stereocenters. The van der Waals surface area contributed by atoms with Gasteiger partial charge in [0.05, 0.1) is 12.5 Å². The summed E-state index contributed by atoms with van der Waals surface area (Å²) >= 11 is 3.31. The van der Waals surface area contributed by atoms with E-state index in [4.69, 9.17) is 5.73 Å². The SMILES string of the molecule is NC(=O)NC(CC(=O)Nc1ccc(F)c(F)c1)c1cccc(Br)c1. The summed E-state index contributed by atoms with van der Waals surface area (Å²) in [7, 11) is 0. The average molecular weight is 398 g/mol. The highest BCUT2D eigenvalue weighted by molar-refractivity contribution is 9.10. The Bertz CT molecular complexity index is 771. The van der Waals surface area contributed by atoms with E-state index in [0.29, 0.717) is 5.56 Å². The summed E-state index contributed by atoms with van der Waals surface area (Å²) in [4.78, 5) is 23.3. The average Bonchev–Trinajstić information content (AvgIpc) is 2.50. The molecule has 0 bridgehead atoms. The maximum absolute atomic E-state index is 13.2. The highest BCUT2D eigenvalue weighted by Gasteiger charge is 2.18. The van der Waals surface area contributed by atoms with Crippen molar-refractivity contribution in [1.29, 1.82) is 0 Å². The highest BCUT2D eigenvalue weighted by Crippen LogP contribution is 2.22. The summed E-state index contributed by atoms with van der Waals surface area (Å²) < 4.78 is 26.8. The Hall–Kier alpha value is -2.48. The van der Waals surface area contributed by atoms with Crippen LogP contribution in [0.4, 0.5) is 19.3 Å². The summed E-state index contributed by atoms with van der Waals surface area (Å²) in [6, 6.07) is 8.62. The van der Waals surface area contributed by atoms with Gasteiger partial charge in [-0.3, -0.25) is 4.79 Å². The number of hydrogen-bond donors (Lipinski definition) is 3. The van der Waals surface area contributed by atoms with Crippen LogP contribution in [0.25, 0.3) is 0 Å². The third kappa shape index (κ3) is 5.02. The monoisotopic (exact) mass is 397 g/mol. The van der Waals surface area contributed by atoms with E-state index in [9.17, 15) is 18.4 Å². The van der Waals surface area contributed by atoms with Gasteiger partial charge in [0.25, 0.3) is 0 Å². The van der Waals surface area contributed by atoms with Crippen molar-refractivity contribution in [2.75, 3.05) is 5.32 Å². The fourth-order valence-corrected chi connectivity index (χ4v) is 2.54. The molecule has 0 heterocycles. The molecule has 126 valence electrons. The Balaban J connectivity index is 2.12. The van der Waals surface area contributed by atoms with E-state index >= 15 is 0 Å². The fraction of sp³-hybridized carbons (Fsp3) is 0.125. The van der Waals surface area contributed by atoms with Crippen LogP contribution in [0.2, 0.25) is 0 Å². The van der Waals surface area contributed by atoms with E-state index in [1.165, 1.54) is 6.07 Å². The van der Waals surface area contributed by atoms with Crippen molar-refractivity contribution < 1.29 is 18.4 Å². The lowest BCUT2D eigenvalue weighted by molar-refractivity contribution is -0.116. The quantitative estimate of drug-likeness (QED) is 0.721. The predicted octanol–water partition coefficient (Wildman–Crippen LogP) is 3.47. The molecule has 0 radical (unpaired) electrons. The zero-order valence-electron chi connectivity index (χ0n) is 12.4. The largest absolute Gasteiger partial charge is 0.352 e. The second kappa shape index (κ2) is 7.87. The van der Waals surface area contributed by atoms with E-state index in [1.807, 2.05) is 0 Å². The van der Waals surface area contributed by atoms with E-state index < -0.39 is 29.6 Å². The summed E-state index contributed by atoms with van der Waals surface area (Å²) in [6.07, 6.45) is -0.127. The second-order valence-electron chi connectivity index (χ2n) is 5.00. The number of hydrogen-bond acceptors (Lipinski definition) is 2. The molecular formula is C16H14BrF2N3O2. The Morgan fingerprint density at radius 1 is 1.12 bits per heavy atom. The Labute approximate surface area is 145 Å². The molecule has 2 aromatic carbocycles. The first-order valence-electron chi connectivity index (χ1n) is 6.91. The van der Waals surface area contributed by atoms with Crippen LogP contribution in [-0.2, 0) is 4.79 Å². The molecule has 1 unspecified atom stereocenters. The van der Waals surface area contributed by atoms with Crippen LogP contribution >= 0.6 is 15.9 Å². The molecule has 4 N–H and O–H groups in total. The summed E-state index contributed by atoms with van der Waals surface area (Å²) in [6.45, 7) is 0. The standard InChI is InChI=1S/C16H14BrF2N3O2/c17-10-3-1-2-9(6-10)14(22-16(20)24)8-15(23)21-11-4-5-12(18)13(19)7-11/h1-7,14H,8H2,(H,21,23)(H3,20,22,24). The Morgan fingerprint density at radius 2 is 1.88 bits per heavy atom. The molecule has 0 spiro atoms. The van der Waals surface area contributed by atoms with Crippen LogP contribution in [0.15, 0.2) is 46.9 Å². The first-order chi connectivity index (χ1) is 11.3. The van der Waals surface area contributed by atoms with Gasteiger partial charge in [-0.05, 0) is 29.8 Å².